The second-order valence-electron chi connectivity index (χ2n) is 4.61. The SMILES string of the molecule is CCCC(N)c1cn(CC(=O)NC(C)CC)nn1. The van der Waals surface area contributed by atoms with Gasteiger partial charge in [0.15, 0.2) is 0 Å². The van der Waals surface area contributed by atoms with E-state index < -0.39 is 0 Å². The Morgan fingerprint density at radius 1 is 1.56 bits per heavy atom. The van der Waals surface area contributed by atoms with Crippen molar-refractivity contribution in [3.05, 3.63) is 11.9 Å². The van der Waals surface area contributed by atoms with Crippen LogP contribution in [-0.4, -0.2) is 26.9 Å². The second kappa shape index (κ2) is 7.10. The van der Waals surface area contributed by atoms with Gasteiger partial charge in [0.05, 0.1) is 17.9 Å². The molecule has 18 heavy (non-hydrogen) atoms. The van der Waals surface area contributed by atoms with Crippen molar-refractivity contribution in [1.82, 2.24) is 20.3 Å². The number of hydrogen-bond acceptors (Lipinski definition) is 4. The van der Waals surface area contributed by atoms with Crippen molar-refractivity contribution in [3.63, 3.8) is 0 Å². The maximum Gasteiger partial charge on any atom is 0.242 e. The molecule has 0 aliphatic heterocycles. The highest BCUT2D eigenvalue weighted by atomic mass is 16.2. The first-order chi connectivity index (χ1) is 8.56. The van der Waals surface area contributed by atoms with Crippen LogP contribution < -0.4 is 11.1 Å². The molecule has 2 unspecified atom stereocenters. The lowest BCUT2D eigenvalue weighted by atomic mass is 10.1. The Morgan fingerprint density at radius 3 is 2.89 bits per heavy atom. The summed E-state index contributed by atoms with van der Waals surface area (Å²) >= 11 is 0. The average molecular weight is 253 g/mol. The fourth-order valence-electron chi connectivity index (χ4n) is 1.59. The van der Waals surface area contributed by atoms with Crippen LogP contribution >= 0.6 is 0 Å². The Balaban J connectivity index is 2.51. The molecule has 0 aliphatic carbocycles. The molecule has 2 atom stereocenters. The highest BCUT2D eigenvalue weighted by Crippen LogP contribution is 2.11. The molecule has 0 saturated carbocycles. The van der Waals surface area contributed by atoms with Crippen LogP contribution in [0.5, 0.6) is 0 Å². The van der Waals surface area contributed by atoms with Crippen molar-refractivity contribution in [2.75, 3.05) is 0 Å². The zero-order valence-electron chi connectivity index (χ0n) is 11.4. The first-order valence-corrected chi connectivity index (χ1v) is 6.51. The first kappa shape index (κ1) is 14.6. The van der Waals surface area contributed by atoms with E-state index >= 15 is 0 Å². The Bertz CT molecular complexity index is 376. The number of hydrogen-bond donors (Lipinski definition) is 2. The van der Waals surface area contributed by atoms with E-state index in [1.54, 1.807) is 6.20 Å². The molecule has 102 valence electrons. The third-order valence-electron chi connectivity index (χ3n) is 2.86. The van der Waals surface area contributed by atoms with Gasteiger partial charge in [0.1, 0.15) is 6.54 Å². The molecule has 1 rings (SSSR count). The summed E-state index contributed by atoms with van der Waals surface area (Å²) in [6, 6.07) is 0.0872. The predicted molar refractivity (Wildman–Crippen MR) is 69.8 cm³/mol. The minimum Gasteiger partial charge on any atom is -0.352 e. The van der Waals surface area contributed by atoms with E-state index in [9.17, 15) is 4.79 Å². The van der Waals surface area contributed by atoms with Crippen LogP contribution in [0.15, 0.2) is 6.20 Å². The van der Waals surface area contributed by atoms with Crippen LogP contribution in [0, 0.1) is 0 Å². The summed E-state index contributed by atoms with van der Waals surface area (Å²) in [5, 5.41) is 10.8. The van der Waals surface area contributed by atoms with E-state index in [4.69, 9.17) is 5.73 Å². The summed E-state index contributed by atoms with van der Waals surface area (Å²) in [5.41, 5.74) is 6.68. The molecule has 6 nitrogen and oxygen atoms in total. The molecule has 0 radical (unpaired) electrons. The number of carbonyl (C=O) groups is 1. The van der Waals surface area contributed by atoms with Gasteiger partial charge in [-0.1, -0.05) is 25.5 Å². The summed E-state index contributed by atoms with van der Waals surface area (Å²) in [6.45, 7) is 6.27. The van der Waals surface area contributed by atoms with E-state index in [2.05, 4.69) is 22.6 Å². The quantitative estimate of drug-likeness (QED) is 0.759. The Hall–Kier alpha value is -1.43. The topological polar surface area (TPSA) is 85.8 Å². The van der Waals surface area contributed by atoms with Gasteiger partial charge in [-0.05, 0) is 19.8 Å². The van der Waals surface area contributed by atoms with Crippen molar-refractivity contribution >= 4 is 5.91 Å². The third kappa shape index (κ3) is 4.44. The van der Waals surface area contributed by atoms with Gasteiger partial charge in [-0.3, -0.25) is 4.79 Å². The molecule has 1 aromatic rings. The zero-order chi connectivity index (χ0) is 13.5. The van der Waals surface area contributed by atoms with Crippen molar-refractivity contribution in [2.24, 2.45) is 5.73 Å². The van der Waals surface area contributed by atoms with E-state index in [-0.39, 0.29) is 24.5 Å². The second-order valence-corrected chi connectivity index (χ2v) is 4.61. The van der Waals surface area contributed by atoms with Crippen LogP contribution in [0.3, 0.4) is 0 Å². The highest BCUT2D eigenvalue weighted by Gasteiger charge is 2.12. The van der Waals surface area contributed by atoms with Gasteiger partial charge in [-0.25, -0.2) is 4.68 Å². The molecule has 1 amide bonds. The Morgan fingerprint density at radius 2 is 2.28 bits per heavy atom. The number of nitrogens with one attached hydrogen (secondary N) is 1. The molecule has 0 bridgehead atoms. The van der Waals surface area contributed by atoms with Crippen LogP contribution in [0.25, 0.3) is 0 Å². The molecule has 0 aromatic carbocycles. The van der Waals surface area contributed by atoms with Gasteiger partial charge < -0.3 is 11.1 Å². The largest absolute Gasteiger partial charge is 0.352 e. The monoisotopic (exact) mass is 253 g/mol. The highest BCUT2D eigenvalue weighted by molar-refractivity contribution is 5.75. The van der Waals surface area contributed by atoms with E-state index in [1.165, 1.54) is 4.68 Å². The lowest BCUT2D eigenvalue weighted by Crippen LogP contribution is -2.34. The van der Waals surface area contributed by atoms with Crippen LogP contribution in [0.2, 0.25) is 0 Å². The molecule has 0 spiro atoms. The minimum absolute atomic E-state index is 0.0511. The van der Waals surface area contributed by atoms with Crippen molar-refractivity contribution < 1.29 is 4.79 Å². The summed E-state index contributed by atoms with van der Waals surface area (Å²) in [7, 11) is 0. The van der Waals surface area contributed by atoms with Crippen LogP contribution in [-0.2, 0) is 11.3 Å². The maximum atomic E-state index is 11.7. The standard InChI is InChI=1S/C12H23N5O/c1-4-6-10(13)11-7-17(16-15-11)8-12(18)14-9(3)5-2/h7,9-10H,4-6,8,13H2,1-3H3,(H,14,18). The fourth-order valence-corrected chi connectivity index (χ4v) is 1.59. The number of aromatic nitrogens is 3. The van der Waals surface area contributed by atoms with E-state index in [0.717, 1.165) is 25.0 Å². The Labute approximate surface area is 108 Å². The smallest absolute Gasteiger partial charge is 0.242 e. The van der Waals surface area contributed by atoms with Crippen molar-refractivity contribution in [3.8, 4) is 0 Å². The zero-order valence-corrected chi connectivity index (χ0v) is 11.4. The average Bonchev–Trinajstić information content (AvgIpc) is 2.77. The van der Waals surface area contributed by atoms with Gasteiger partial charge >= 0.3 is 0 Å². The molecule has 1 heterocycles. The lowest BCUT2D eigenvalue weighted by molar-refractivity contribution is -0.122. The van der Waals surface area contributed by atoms with E-state index in [0.29, 0.717) is 0 Å². The summed E-state index contributed by atoms with van der Waals surface area (Å²) in [5.74, 6) is -0.0511. The number of amides is 1. The summed E-state index contributed by atoms with van der Waals surface area (Å²) in [4.78, 5) is 11.7. The van der Waals surface area contributed by atoms with Gasteiger partial charge in [0, 0.05) is 6.04 Å². The molecule has 0 fully saturated rings. The van der Waals surface area contributed by atoms with Gasteiger partial charge in [-0.15, -0.1) is 5.10 Å². The Kier molecular flexibility index (Phi) is 5.77. The third-order valence-corrected chi connectivity index (χ3v) is 2.86. The van der Waals surface area contributed by atoms with Gasteiger partial charge in [0.25, 0.3) is 0 Å². The van der Waals surface area contributed by atoms with Crippen LogP contribution in [0.1, 0.15) is 51.8 Å². The molecule has 0 saturated heterocycles. The first-order valence-electron chi connectivity index (χ1n) is 6.51. The summed E-state index contributed by atoms with van der Waals surface area (Å²) in [6.07, 6.45) is 4.53. The lowest BCUT2D eigenvalue weighted by Gasteiger charge is -2.10. The normalized spacial score (nSPS) is 14.2. The molecule has 3 N–H and O–H groups in total. The maximum absolute atomic E-state index is 11.7. The van der Waals surface area contributed by atoms with Gasteiger partial charge in [-0.2, -0.15) is 0 Å². The fraction of sp³-hybridized carbons (Fsp3) is 0.750. The number of nitrogens with zero attached hydrogens (tertiary/aromatic N) is 3. The molecule has 6 heteroatoms. The molecule has 1 aromatic heterocycles. The predicted octanol–water partition coefficient (Wildman–Crippen LogP) is 0.993. The van der Waals surface area contributed by atoms with E-state index in [1.807, 2.05) is 13.8 Å². The number of rotatable bonds is 7. The van der Waals surface area contributed by atoms with Crippen LogP contribution in [0.4, 0.5) is 0 Å². The molecular formula is C12H23N5O. The molecule has 0 aliphatic rings. The molecular weight excluding hydrogens is 230 g/mol. The number of carbonyl (C=O) groups excluding carboxylic acids is 1. The number of nitrogens with two attached hydrogens (primary N) is 1. The van der Waals surface area contributed by atoms with Crippen molar-refractivity contribution in [2.45, 2.75) is 58.7 Å². The summed E-state index contributed by atoms with van der Waals surface area (Å²) < 4.78 is 1.53. The van der Waals surface area contributed by atoms with Gasteiger partial charge in [0.2, 0.25) is 5.91 Å². The minimum atomic E-state index is -0.0959. The van der Waals surface area contributed by atoms with Crippen molar-refractivity contribution in [1.29, 1.82) is 0 Å².